The Balaban J connectivity index is 1.04. The third kappa shape index (κ3) is 18.9. The van der Waals surface area contributed by atoms with E-state index in [2.05, 4.69) is 5.32 Å². The molecule has 0 spiro atoms. The van der Waals surface area contributed by atoms with Gasteiger partial charge in [0.05, 0.1) is 71.7 Å². The minimum absolute atomic E-state index is 0.0263. The summed E-state index contributed by atoms with van der Waals surface area (Å²) in [7, 11) is 0. The van der Waals surface area contributed by atoms with Crippen LogP contribution in [0.1, 0.15) is 59.7 Å². The molecule has 4 fully saturated rings. The van der Waals surface area contributed by atoms with Gasteiger partial charge in [-0.15, -0.1) is 0 Å². The van der Waals surface area contributed by atoms with Crippen LogP contribution in [0, 0.1) is 0 Å². The van der Waals surface area contributed by atoms with Gasteiger partial charge >= 0.3 is 0 Å². The van der Waals surface area contributed by atoms with E-state index in [-0.39, 0.29) is 52.9 Å². The first-order chi connectivity index (χ1) is 46.5. The van der Waals surface area contributed by atoms with Gasteiger partial charge in [-0.1, -0.05) is 212 Å². The molecule has 0 aromatic heterocycles. The minimum Gasteiger partial charge on any atom is -0.394 e. The third-order valence-electron chi connectivity index (χ3n) is 17.3. The Hall–Kier alpha value is -6.71. The lowest BCUT2D eigenvalue weighted by Crippen LogP contribution is -2.70. The number of carbonyl (C=O) groups is 1. The van der Waals surface area contributed by atoms with Crippen molar-refractivity contribution in [3.8, 4) is 0 Å². The Morgan fingerprint density at radius 2 is 0.705 bits per heavy atom. The lowest BCUT2D eigenvalue weighted by Gasteiger charge is -2.52. The quantitative estimate of drug-likeness (QED) is 0.0286. The summed E-state index contributed by atoms with van der Waals surface area (Å²) in [5.41, 5.74) is 6.03. The molecule has 4 aliphatic heterocycles. The molecule has 7 aromatic rings. The number of aliphatic hydroxyl groups is 4. The maximum Gasteiger partial charge on any atom is 0.217 e. The molecule has 0 unspecified atom stereocenters. The molecule has 0 radical (unpaired) electrons. The summed E-state index contributed by atoms with van der Waals surface area (Å²) < 4.78 is 97.7. The van der Waals surface area contributed by atoms with Crippen LogP contribution in [0.15, 0.2) is 212 Å². The van der Waals surface area contributed by atoms with E-state index in [4.69, 9.17) is 66.3 Å². The molecule has 7 aromatic carbocycles. The topological polar surface area (TPSA) is 239 Å². The largest absolute Gasteiger partial charge is 0.394 e. The van der Waals surface area contributed by atoms with Gasteiger partial charge in [-0.05, 0) is 52.8 Å². The van der Waals surface area contributed by atoms with E-state index in [1.165, 1.54) is 6.92 Å². The molecule has 0 bridgehead atoms. The molecule has 95 heavy (non-hydrogen) atoms. The Morgan fingerprint density at radius 1 is 0.368 bits per heavy atom. The summed E-state index contributed by atoms with van der Waals surface area (Å²) in [6, 6.07) is 66.1. The predicted octanol–water partition coefficient (Wildman–Crippen LogP) is 8.02. The van der Waals surface area contributed by atoms with Crippen LogP contribution >= 0.6 is 0 Å². The van der Waals surface area contributed by atoms with Crippen molar-refractivity contribution in [1.82, 2.24) is 5.32 Å². The fourth-order valence-electron chi connectivity index (χ4n) is 12.4. The number of carbonyl (C=O) groups excluding carboxylic acids is 1. The Kier molecular flexibility index (Phi) is 25.6. The summed E-state index contributed by atoms with van der Waals surface area (Å²) in [4.78, 5) is 13.2. The van der Waals surface area contributed by atoms with E-state index in [1.807, 2.05) is 212 Å². The number of nitrogens with one attached hydrogen (secondary N) is 1. The summed E-state index contributed by atoms with van der Waals surface area (Å²) >= 11 is 0. The third-order valence-corrected chi connectivity index (χ3v) is 17.3. The molecule has 4 aliphatic rings. The van der Waals surface area contributed by atoms with Crippen LogP contribution in [0.3, 0.4) is 0 Å². The first-order valence-electron chi connectivity index (χ1n) is 32.5. The minimum atomic E-state index is -1.75. The van der Waals surface area contributed by atoms with Crippen molar-refractivity contribution < 1.29 is 91.5 Å². The molecule has 4 heterocycles. The molecule has 1 amide bonds. The average molecular weight is 1310 g/mol. The van der Waals surface area contributed by atoms with Gasteiger partial charge in [0.15, 0.2) is 25.2 Å². The van der Waals surface area contributed by atoms with Gasteiger partial charge in [-0.3, -0.25) is 4.79 Å². The van der Waals surface area contributed by atoms with E-state index >= 15 is 0 Å². The maximum atomic E-state index is 13.2. The van der Waals surface area contributed by atoms with Gasteiger partial charge in [0.25, 0.3) is 0 Å². The standard InChI is InChI=1S/C75H87NO19/c1-48-63(83-41-52-27-13-5-14-28-52)66(86-44-55-33-19-8-20-34-55)69(72(81)89-48)94-75-71(95-73-60(76-50(3)78)62(80)61(79)58(39-77)91-73)68(64(49(2)90-75)84-42-53-29-15-6-16-30-53)93-74-70(88-46-57-37-23-10-24-38-57)67(87-45-56-35-21-9-22-36-56)65(85-43-54-31-17-7-18-32-54)59(92-74)47-82-40-51-25-11-4-12-26-51/h4-38,48-49,58-75,77,79-81H,39-47H2,1-3H3,(H,76,78)/t48-,49-,58+,59+,60+,61+,62+,63-,64-,65+,66+,67-,68+,69+,70+,71+,72+,73-,74+,75-/m0/s1. The van der Waals surface area contributed by atoms with Crippen LogP contribution in [-0.4, -0.2) is 162 Å². The van der Waals surface area contributed by atoms with E-state index in [0.29, 0.717) is 0 Å². The molecule has 5 N–H and O–H groups in total. The van der Waals surface area contributed by atoms with Gasteiger partial charge in [0, 0.05) is 6.92 Å². The average Bonchev–Trinajstić information content (AvgIpc) is 0.770. The molecule has 20 nitrogen and oxygen atoms in total. The van der Waals surface area contributed by atoms with Crippen molar-refractivity contribution in [3.05, 3.63) is 251 Å². The molecule has 506 valence electrons. The number of amides is 1. The number of hydrogen-bond acceptors (Lipinski definition) is 19. The highest BCUT2D eigenvalue weighted by molar-refractivity contribution is 5.73. The first kappa shape index (κ1) is 69.6. The summed E-state index contributed by atoms with van der Waals surface area (Å²) in [6.45, 7) is 4.81. The normalized spacial score (nSPS) is 30.9. The SMILES string of the molecule is CC(=O)N[C@H]1[C@H](O[C@H]2[C@H](O[C@@H]3[C@H](OCc4ccccc4)[C@@H](OCc4ccccc4)[C@H](C)O[C@H]3O)O[C@@H](C)[C@H](OCc3ccccc3)[C@H]2O[C@H]2O[C@H](COCc3ccccc3)[C@@H](OCc3ccccc3)[C@H](OCc3ccccc3)[C@H]2OCc2ccccc2)O[C@H](CO)[C@@H](O)[C@@H]1O. The zero-order chi connectivity index (χ0) is 65.9. The highest BCUT2D eigenvalue weighted by Crippen LogP contribution is 2.40. The summed E-state index contributed by atoms with van der Waals surface area (Å²) in [5.74, 6) is -0.601. The molecule has 0 aliphatic carbocycles. The van der Waals surface area contributed by atoms with Gasteiger partial charge in [-0.2, -0.15) is 0 Å². The van der Waals surface area contributed by atoms with Crippen molar-refractivity contribution in [2.45, 2.75) is 190 Å². The van der Waals surface area contributed by atoms with E-state index in [0.717, 1.165) is 38.9 Å². The fraction of sp³-hybridized carbons (Fsp3) is 0.427. The van der Waals surface area contributed by atoms with E-state index < -0.39 is 135 Å². The van der Waals surface area contributed by atoms with Gasteiger partial charge in [-0.25, -0.2) is 0 Å². The molecule has 20 heteroatoms. The molecule has 11 rings (SSSR count). The second-order valence-corrected chi connectivity index (χ2v) is 24.3. The van der Waals surface area contributed by atoms with Crippen LogP contribution in [0.25, 0.3) is 0 Å². The van der Waals surface area contributed by atoms with Crippen molar-refractivity contribution in [2.24, 2.45) is 0 Å². The Bertz CT molecular complexity index is 3320. The van der Waals surface area contributed by atoms with Crippen LogP contribution in [0.2, 0.25) is 0 Å². The molecule has 0 saturated carbocycles. The second-order valence-electron chi connectivity index (χ2n) is 24.3. The van der Waals surface area contributed by atoms with Crippen LogP contribution in [-0.2, 0) is 117 Å². The van der Waals surface area contributed by atoms with Crippen molar-refractivity contribution in [1.29, 1.82) is 0 Å². The van der Waals surface area contributed by atoms with E-state index in [9.17, 15) is 25.2 Å². The monoisotopic (exact) mass is 1310 g/mol. The highest BCUT2D eigenvalue weighted by atomic mass is 16.8. The zero-order valence-corrected chi connectivity index (χ0v) is 53.5. The predicted molar refractivity (Wildman–Crippen MR) is 346 cm³/mol. The van der Waals surface area contributed by atoms with Gasteiger partial charge in [0.2, 0.25) is 5.91 Å². The number of rotatable bonds is 30. The lowest BCUT2D eigenvalue weighted by molar-refractivity contribution is -0.408. The Labute approximate surface area is 554 Å². The molecule has 20 atom stereocenters. The molecule has 4 saturated heterocycles. The first-order valence-corrected chi connectivity index (χ1v) is 32.5. The van der Waals surface area contributed by atoms with Crippen molar-refractivity contribution in [3.63, 3.8) is 0 Å². The highest BCUT2D eigenvalue weighted by Gasteiger charge is 2.58. The molecular formula is C75H87NO19. The zero-order valence-electron chi connectivity index (χ0n) is 53.5. The van der Waals surface area contributed by atoms with Crippen molar-refractivity contribution in [2.75, 3.05) is 13.2 Å². The lowest BCUT2D eigenvalue weighted by atomic mass is 9.94. The molecular weight excluding hydrogens is 1220 g/mol. The van der Waals surface area contributed by atoms with Crippen LogP contribution in [0.5, 0.6) is 0 Å². The maximum absolute atomic E-state index is 13.2. The van der Waals surface area contributed by atoms with E-state index in [1.54, 1.807) is 13.8 Å². The number of hydrogen-bond donors (Lipinski definition) is 5. The fourth-order valence-corrected chi connectivity index (χ4v) is 12.4. The van der Waals surface area contributed by atoms with Gasteiger partial charge < -0.3 is 92.1 Å². The van der Waals surface area contributed by atoms with Gasteiger partial charge in [0.1, 0.15) is 85.4 Å². The number of aliphatic hydroxyl groups excluding tert-OH is 4. The number of benzene rings is 7. The van der Waals surface area contributed by atoms with Crippen LogP contribution < -0.4 is 5.32 Å². The smallest absolute Gasteiger partial charge is 0.217 e. The van der Waals surface area contributed by atoms with Crippen LogP contribution in [0.4, 0.5) is 0 Å². The Morgan fingerprint density at radius 3 is 1.14 bits per heavy atom. The summed E-state index contributed by atoms with van der Waals surface area (Å²) in [5, 5.41) is 49.1. The second kappa shape index (κ2) is 35.0. The summed E-state index contributed by atoms with van der Waals surface area (Å²) in [6.07, 6.45) is -24.3. The van der Waals surface area contributed by atoms with Crippen molar-refractivity contribution >= 4 is 5.91 Å². The number of ether oxygens (including phenoxy) is 14.